The number of rotatable bonds is 5. The van der Waals surface area contributed by atoms with E-state index in [0.717, 1.165) is 29.5 Å². The van der Waals surface area contributed by atoms with Crippen LogP contribution in [0.4, 0.5) is 0 Å². The van der Waals surface area contributed by atoms with Gasteiger partial charge in [-0.2, -0.15) is 9.78 Å². The third-order valence-corrected chi connectivity index (χ3v) is 3.46. The minimum absolute atomic E-state index is 0.485. The molecule has 0 bridgehead atoms. The van der Waals surface area contributed by atoms with Gasteiger partial charge in [-0.25, -0.2) is 9.97 Å². The Morgan fingerprint density at radius 2 is 2.04 bits per heavy atom. The highest BCUT2D eigenvalue weighted by Gasteiger charge is 2.16. The van der Waals surface area contributed by atoms with Crippen LogP contribution >= 0.6 is 0 Å². The van der Waals surface area contributed by atoms with Gasteiger partial charge in [0, 0.05) is 37.4 Å². The minimum atomic E-state index is 0.485. The van der Waals surface area contributed by atoms with Crippen molar-refractivity contribution < 1.29 is 4.74 Å². The lowest BCUT2D eigenvalue weighted by atomic mass is 10.1. The molecule has 0 aliphatic rings. The molecule has 3 aromatic rings. The summed E-state index contributed by atoms with van der Waals surface area (Å²) >= 11 is 0. The molecule has 3 heterocycles. The fourth-order valence-electron chi connectivity index (χ4n) is 2.36. The van der Waals surface area contributed by atoms with E-state index in [9.17, 15) is 0 Å². The molecule has 0 aliphatic heterocycles. The summed E-state index contributed by atoms with van der Waals surface area (Å²) in [6.07, 6.45) is 4.31. The number of ether oxygens (including phenoxy) is 1. The minimum Gasteiger partial charge on any atom is -0.481 e. The van der Waals surface area contributed by atoms with Crippen molar-refractivity contribution in [1.82, 2.24) is 29.5 Å². The second-order valence-electron chi connectivity index (χ2n) is 5.76. The Bertz CT molecular complexity index is 787. The Hall–Kier alpha value is -2.70. The lowest BCUT2D eigenvalue weighted by Crippen LogP contribution is -2.07. The molecule has 7 nitrogen and oxygen atoms in total. The van der Waals surface area contributed by atoms with Crippen LogP contribution in [0.3, 0.4) is 0 Å². The molecule has 0 aliphatic carbocycles. The van der Waals surface area contributed by atoms with Crippen LogP contribution < -0.4 is 4.74 Å². The smallest absolute Gasteiger partial charge is 0.212 e. The Kier molecular flexibility index (Phi) is 4.10. The first-order valence-electron chi connectivity index (χ1n) is 7.53. The summed E-state index contributed by atoms with van der Waals surface area (Å²) in [6.45, 7) is 4.30. The van der Waals surface area contributed by atoms with E-state index < -0.39 is 0 Å². The van der Waals surface area contributed by atoms with Gasteiger partial charge in [-0.05, 0) is 12.0 Å². The summed E-state index contributed by atoms with van der Waals surface area (Å²) in [5.74, 6) is 3.48. The maximum atomic E-state index is 5.12. The summed E-state index contributed by atoms with van der Waals surface area (Å²) in [7, 11) is 3.48. The zero-order valence-electron chi connectivity index (χ0n) is 13.8. The molecule has 0 atom stereocenters. The Morgan fingerprint density at radius 1 is 1.22 bits per heavy atom. The molecule has 0 fully saturated rings. The van der Waals surface area contributed by atoms with Crippen LogP contribution in [-0.4, -0.2) is 36.6 Å². The molecule has 23 heavy (non-hydrogen) atoms. The molecule has 0 radical (unpaired) electrons. The van der Waals surface area contributed by atoms with E-state index in [1.54, 1.807) is 24.2 Å². The fraction of sp³-hybridized carbons (Fsp3) is 0.375. The maximum Gasteiger partial charge on any atom is 0.212 e. The fourth-order valence-corrected chi connectivity index (χ4v) is 2.36. The molecule has 3 rings (SSSR count). The standard InChI is InChI=1S/C16H20N6O/c1-11(2)9-13-19-16(12-5-6-14(23-4)17-10-12)22(20-13)15-7-8-18-21(15)3/h5-8,10-11H,9H2,1-4H3. The summed E-state index contributed by atoms with van der Waals surface area (Å²) in [5.41, 5.74) is 0.884. The topological polar surface area (TPSA) is 70.7 Å². The van der Waals surface area contributed by atoms with Crippen molar-refractivity contribution in [2.45, 2.75) is 20.3 Å². The van der Waals surface area contributed by atoms with Crippen LogP contribution in [0.5, 0.6) is 5.88 Å². The van der Waals surface area contributed by atoms with Gasteiger partial charge in [0.15, 0.2) is 17.5 Å². The third-order valence-electron chi connectivity index (χ3n) is 3.46. The second kappa shape index (κ2) is 6.20. The van der Waals surface area contributed by atoms with Crippen LogP contribution in [0.25, 0.3) is 17.2 Å². The van der Waals surface area contributed by atoms with Crippen molar-refractivity contribution in [3.63, 3.8) is 0 Å². The van der Waals surface area contributed by atoms with Crippen molar-refractivity contribution >= 4 is 0 Å². The number of hydrogen-bond acceptors (Lipinski definition) is 5. The average molecular weight is 312 g/mol. The first-order chi connectivity index (χ1) is 11.1. The van der Waals surface area contributed by atoms with Crippen molar-refractivity contribution in [3.05, 3.63) is 36.4 Å². The molecule has 0 amide bonds. The summed E-state index contributed by atoms with van der Waals surface area (Å²) in [6, 6.07) is 5.66. The SMILES string of the molecule is COc1ccc(-c2nc(CC(C)C)nn2-c2ccnn2C)cn1. The van der Waals surface area contributed by atoms with Gasteiger partial charge in [-0.3, -0.25) is 4.68 Å². The molecule has 0 N–H and O–H groups in total. The van der Waals surface area contributed by atoms with Gasteiger partial charge < -0.3 is 4.74 Å². The molecule has 0 saturated carbocycles. The lowest BCUT2D eigenvalue weighted by Gasteiger charge is -2.06. The van der Waals surface area contributed by atoms with Gasteiger partial charge >= 0.3 is 0 Å². The normalized spacial score (nSPS) is 11.2. The third kappa shape index (κ3) is 3.08. The highest BCUT2D eigenvalue weighted by Crippen LogP contribution is 2.22. The van der Waals surface area contributed by atoms with Gasteiger partial charge in [0.1, 0.15) is 0 Å². The van der Waals surface area contributed by atoms with Crippen LogP contribution in [-0.2, 0) is 13.5 Å². The van der Waals surface area contributed by atoms with Gasteiger partial charge in [0.2, 0.25) is 5.88 Å². The largest absolute Gasteiger partial charge is 0.481 e. The molecule has 0 aromatic carbocycles. The predicted molar refractivity (Wildman–Crippen MR) is 86.5 cm³/mol. The van der Waals surface area contributed by atoms with Crippen LogP contribution in [0.1, 0.15) is 19.7 Å². The molecule has 120 valence electrons. The molecule has 0 unspecified atom stereocenters. The van der Waals surface area contributed by atoms with Crippen molar-refractivity contribution in [3.8, 4) is 23.1 Å². The first-order valence-corrected chi connectivity index (χ1v) is 7.53. The predicted octanol–water partition coefficient (Wildman–Crippen LogP) is 2.27. The lowest BCUT2D eigenvalue weighted by molar-refractivity contribution is 0.398. The highest BCUT2D eigenvalue weighted by atomic mass is 16.5. The zero-order chi connectivity index (χ0) is 16.4. The molecule has 3 aromatic heterocycles. The highest BCUT2D eigenvalue weighted by molar-refractivity contribution is 5.56. The van der Waals surface area contributed by atoms with Crippen LogP contribution in [0.15, 0.2) is 30.6 Å². The number of methoxy groups -OCH3 is 1. The van der Waals surface area contributed by atoms with E-state index >= 15 is 0 Å². The van der Waals surface area contributed by atoms with Crippen LogP contribution in [0, 0.1) is 5.92 Å². The van der Waals surface area contributed by atoms with E-state index in [2.05, 4.69) is 29.0 Å². The zero-order valence-corrected chi connectivity index (χ0v) is 13.8. The Balaban J connectivity index is 2.09. The average Bonchev–Trinajstić information content (AvgIpc) is 3.12. The maximum absolute atomic E-state index is 5.12. The van der Waals surface area contributed by atoms with Gasteiger partial charge in [-0.1, -0.05) is 13.8 Å². The van der Waals surface area contributed by atoms with Crippen molar-refractivity contribution in [2.24, 2.45) is 13.0 Å². The van der Waals surface area contributed by atoms with E-state index in [1.165, 1.54) is 0 Å². The summed E-state index contributed by atoms with van der Waals surface area (Å²) in [5, 5.41) is 8.88. The van der Waals surface area contributed by atoms with Gasteiger partial charge in [0.05, 0.1) is 13.3 Å². The number of aromatic nitrogens is 6. The Labute approximate surface area is 135 Å². The van der Waals surface area contributed by atoms with Crippen LogP contribution in [0.2, 0.25) is 0 Å². The van der Waals surface area contributed by atoms with E-state index in [4.69, 9.17) is 9.72 Å². The molecule has 7 heteroatoms. The van der Waals surface area contributed by atoms with E-state index in [-0.39, 0.29) is 0 Å². The second-order valence-corrected chi connectivity index (χ2v) is 5.76. The van der Waals surface area contributed by atoms with Crippen molar-refractivity contribution in [1.29, 1.82) is 0 Å². The first kappa shape index (κ1) is 15.2. The van der Waals surface area contributed by atoms with Gasteiger partial charge in [0.25, 0.3) is 0 Å². The number of hydrogen-bond donors (Lipinski definition) is 0. The molecular formula is C16H20N6O. The monoisotopic (exact) mass is 312 g/mol. The van der Waals surface area contributed by atoms with E-state index in [0.29, 0.717) is 11.8 Å². The molecular weight excluding hydrogens is 292 g/mol. The Morgan fingerprint density at radius 3 is 2.61 bits per heavy atom. The number of pyridine rings is 1. The summed E-state index contributed by atoms with van der Waals surface area (Å²) in [4.78, 5) is 8.97. The quantitative estimate of drug-likeness (QED) is 0.723. The number of nitrogens with zero attached hydrogens (tertiary/aromatic N) is 6. The number of aryl methyl sites for hydroxylation is 1. The van der Waals surface area contributed by atoms with E-state index in [1.807, 2.05) is 29.9 Å². The van der Waals surface area contributed by atoms with Gasteiger partial charge in [-0.15, -0.1) is 5.10 Å². The molecule has 0 saturated heterocycles. The molecule has 0 spiro atoms. The van der Waals surface area contributed by atoms with Crippen molar-refractivity contribution in [2.75, 3.05) is 7.11 Å². The summed E-state index contributed by atoms with van der Waals surface area (Å²) < 4.78 is 8.70.